The summed E-state index contributed by atoms with van der Waals surface area (Å²) in [5, 5.41) is 4.13. The highest BCUT2D eigenvalue weighted by Crippen LogP contribution is 2.34. The highest BCUT2D eigenvalue weighted by atomic mass is 16.3. The van der Waals surface area contributed by atoms with E-state index in [1.165, 1.54) is 0 Å². The van der Waals surface area contributed by atoms with Gasteiger partial charge >= 0.3 is 0 Å². The Morgan fingerprint density at radius 1 is 1.21 bits per heavy atom. The largest absolute Gasteiger partial charge is 0.437 e. The lowest BCUT2D eigenvalue weighted by Crippen LogP contribution is -1.93. The fraction of sp³-hybridized carbons (Fsp3) is 0. The van der Waals surface area contributed by atoms with Crippen LogP contribution in [0.5, 0.6) is 0 Å². The molecule has 3 N–H and O–H groups in total. The van der Waals surface area contributed by atoms with E-state index in [4.69, 9.17) is 16.6 Å². The number of nitrogens with one attached hydrogen (secondary N) is 1. The maximum Gasteiger partial charge on any atom is 0.215 e. The number of pyridine rings is 1. The van der Waals surface area contributed by atoms with Crippen LogP contribution in [0, 0.1) is 12.3 Å². The minimum atomic E-state index is 0.337. The van der Waals surface area contributed by atoms with Crippen LogP contribution in [0.2, 0.25) is 0 Å². The molecule has 19 heavy (non-hydrogen) atoms. The summed E-state index contributed by atoms with van der Waals surface area (Å²) in [5.41, 5.74) is 8.99. The van der Waals surface area contributed by atoms with E-state index in [0.717, 1.165) is 22.3 Å². The summed E-state index contributed by atoms with van der Waals surface area (Å²) < 4.78 is 5.44. The summed E-state index contributed by atoms with van der Waals surface area (Å²) in [5.74, 6) is 2.91. The number of nitrogen functional groups attached to an aromatic ring is 1. The van der Waals surface area contributed by atoms with E-state index in [-0.39, 0.29) is 0 Å². The van der Waals surface area contributed by atoms with E-state index in [9.17, 15) is 0 Å². The van der Waals surface area contributed by atoms with Crippen molar-refractivity contribution >= 4 is 28.2 Å². The lowest BCUT2D eigenvalue weighted by atomic mass is 10.2. The van der Waals surface area contributed by atoms with Crippen LogP contribution in [-0.4, -0.2) is 4.98 Å². The Bertz CT molecular complexity index is 766. The summed E-state index contributed by atoms with van der Waals surface area (Å²) >= 11 is 0. The molecule has 0 radical (unpaired) electrons. The van der Waals surface area contributed by atoms with Gasteiger partial charge in [-0.2, -0.15) is 0 Å². The minimum Gasteiger partial charge on any atom is -0.437 e. The standard InChI is InChI=1S/C15H11N3O/c1-2-10-3-5-11(6-4-10)18-14-12-7-8-17-9-13(12)19-15(14)16/h1,3-9,18H,16H2. The molecule has 0 bridgehead atoms. The lowest BCUT2D eigenvalue weighted by molar-refractivity contribution is 0.636. The molecule has 2 aromatic heterocycles. The number of nitrogens with zero attached hydrogens (tertiary/aromatic N) is 1. The molecule has 92 valence electrons. The Morgan fingerprint density at radius 2 is 2.00 bits per heavy atom. The van der Waals surface area contributed by atoms with Gasteiger partial charge in [-0.25, -0.2) is 0 Å². The van der Waals surface area contributed by atoms with Gasteiger partial charge in [-0.05, 0) is 30.3 Å². The van der Waals surface area contributed by atoms with Crippen LogP contribution in [0.25, 0.3) is 11.0 Å². The molecule has 0 aliphatic carbocycles. The Balaban J connectivity index is 2.00. The number of benzene rings is 1. The number of terminal acetylenes is 1. The van der Waals surface area contributed by atoms with Crippen molar-refractivity contribution in [2.45, 2.75) is 0 Å². The molecule has 0 aliphatic heterocycles. The quantitative estimate of drug-likeness (QED) is 0.685. The van der Waals surface area contributed by atoms with Gasteiger partial charge in [-0.3, -0.25) is 4.98 Å². The number of rotatable bonds is 2. The van der Waals surface area contributed by atoms with Crippen molar-refractivity contribution in [1.82, 2.24) is 4.98 Å². The fourth-order valence-corrected chi connectivity index (χ4v) is 1.89. The van der Waals surface area contributed by atoms with E-state index in [0.29, 0.717) is 11.5 Å². The Morgan fingerprint density at radius 3 is 2.74 bits per heavy atom. The first-order chi connectivity index (χ1) is 9.28. The molecule has 0 fully saturated rings. The van der Waals surface area contributed by atoms with Crippen molar-refractivity contribution in [2.24, 2.45) is 0 Å². The number of furan rings is 1. The maximum atomic E-state index is 5.87. The summed E-state index contributed by atoms with van der Waals surface area (Å²) in [6.07, 6.45) is 8.66. The molecule has 0 spiro atoms. The molecule has 0 atom stereocenters. The van der Waals surface area contributed by atoms with Crippen molar-refractivity contribution < 1.29 is 4.42 Å². The molecule has 2 heterocycles. The van der Waals surface area contributed by atoms with Gasteiger partial charge in [0.2, 0.25) is 5.88 Å². The molecule has 0 unspecified atom stereocenters. The zero-order valence-corrected chi connectivity index (χ0v) is 10.1. The molecule has 4 nitrogen and oxygen atoms in total. The van der Waals surface area contributed by atoms with Crippen LogP contribution in [0.1, 0.15) is 5.56 Å². The van der Waals surface area contributed by atoms with Gasteiger partial charge in [0.1, 0.15) is 5.69 Å². The topological polar surface area (TPSA) is 64.1 Å². The number of anilines is 3. The van der Waals surface area contributed by atoms with Gasteiger partial charge in [-0.15, -0.1) is 6.42 Å². The molecule has 1 aromatic carbocycles. The van der Waals surface area contributed by atoms with E-state index in [2.05, 4.69) is 16.2 Å². The van der Waals surface area contributed by atoms with E-state index in [1.54, 1.807) is 12.4 Å². The molecule has 0 amide bonds. The van der Waals surface area contributed by atoms with E-state index >= 15 is 0 Å². The van der Waals surface area contributed by atoms with Crippen molar-refractivity contribution in [3.05, 3.63) is 48.3 Å². The summed E-state index contributed by atoms with van der Waals surface area (Å²) in [6.45, 7) is 0. The average Bonchev–Trinajstić information content (AvgIpc) is 2.76. The van der Waals surface area contributed by atoms with Crippen LogP contribution in [0.4, 0.5) is 17.3 Å². The molecular weight excluding hydrogens is 238 g/mol. The van der Waals surface area contributed by atoms with Crippen molar-refractivity contribution in [3.8, 4) is 12.3 Å². The SMILES string of the molecule is C#Cc1ccc(Nc2c(N)oc3cnccc23)cc1. The number of hydrogen-bond acceptors (Lipinski definition) is 4. The highest BCUT2D eigenvalue weighted by molar-refractivity contribution is 5.97. The zero-order chi connectivity index (χ0) is 13.2. The molecular formula is C15H11N3O. The first-order valence-electron chi connectivity index (χ1n) is 5.73. The Kier molecular flexibility index (Phi) is 2.58. The minimum absolute atomic E-state index is 0.337. The number of fused-ring (bicyclic) bond motifs is 1. The second-order valence-electron chi connectivity index (χ2n) is 4.06. The van der Waals surface area contributed by atoms with Gasteiger partial charge in [0.15, 0.2) is 5.58 Å². The molecule has 0 aliphatic rings. The second kappa shape index (κ2) is 4.39. The molecule has 3 rings (SSSR count). The van der Waals surface area contributed by atoms with Crippen LogP contribution in [0.15, 0.2) is 47.1 Å². The first kappa shape index (κ1) is 11.2. The summed E-state index contributed by atoms with van der Waals surface area (Å²) in [7, 11) is 0. The third-order valence-corrected chi connectivity index (χ3v) is 2.84. The molecule has 3 aromatic rings. The van der Waals surface area contributed by atoms with E-state index in [1.807, 2.05) is 30.3 Å². The third-order valence-electron chi connectivity index (χ3n) is 2.84. The maximum absolute atomic E-state index is 5.87. The normalized spacial score (nSPS) is 10.3. The van der Waals surface area contributed by atoms with Crippen LogP contribution in [0.3, 0.4) is 0 Å². The predicted octanol–water partition coefficient (Wildman–Crippen LogP) is 3.13. The third kappa shape index (κ3) is 1.98. The Hall–Kier alpha value is -2.93. The van der Waals surface area contributed by atoms with Gasteiger partial charge in [0.05, 0.1) is 6.20 Å². The van der Waals surface area contributed by atoms with Crippen LogP contribution in [-0.2, 0) is 0 Å². The van der Waals surface area contributed by atoms with Crippen molar-refractivity contribution in [1.29, 1.82) is 0 Å². The Labute approximate surface area is 110 Å². The van der Waals surface area contributed by atoms with Crippen LogP contribution < -0.4 is 11.1 Å². The second-order valence-corrected chi connectivity index (χ2v) is 4.06. The molecule has 0 saturated heterocycles. The predicted molar refractivity (Wildman–Crippen MR) is 76.1 cm³/mol. The van der Waals surface area contributed by atoms with Gasteiger partial charge in [0, 0.05) is 22.8 Å². The number of nitrogens with two attached hydrogens (primary N) is 1. The fourth-order valence-electron chi connectivity index (χ4n) is 1.89. The average molecular weight is 249 g/mol. The first-order valence-corrected chi connectivity index (χ1v) is 5.73. The van der Waals surface area contributed by atoms with Gasteiger partial charge < -0.3 is 15.5 Å². The monoisotopic (exact) mass is 249 g/mol. The highest BCUT2D eigenvalue weighted by Gasteiger charge is 2.11. The van der Waals surface area contributed by atoms with Crippen molar-refractivity contribution in [2.75, 3.05) is 11.1 Å². The smallest absolute Gasteiger partial charge is 0.215 e. The lowest BCUT2D eigenvalue weighted by Gasteiger charge is -2.05. The van der Waals surface area contributed by atoms with Gasteiger partial charge in [0.25, 0.3) is 0 Å². The van der Waals surface area contributed by atoms with Gasteiger partial charge in [-0.1, -0.05) is 5.92 Å². The van der Waals surface area contributed by atoms with E-state index < -0.39 is 0 Å². The van der Waals surface area contributed by atoms with Crippen LogP contribution >= 0.6 is 0 Å². The zero-order valence-electron chi connectivity index (χ0n) is 10.1. The number of hydrogen-bond donors (Lipinski definition) is 2. The van der Waals surface area contributed by atoms with Crippen molar-refractivity contribution in [3.63, 3.8) is 0 Å². The molecule has 0 saturated carbocycles. The summed E-state index contributed by atoms with van der Waals surface area (Å²) in [6, 6.07) is 9.38. The summed E-state index contributed by atoms with van der Waals surface area (Å²) in [4.78, 5) is 4.00. The number of aromatic nitrogens is 1. The molecule has 4 heteroatoms.